The standard InChI is InChI=1S/C18H24FN3O3/c1-25-15(13-2-4-14(19)5-3-13)11-20-17(24)22-8-6-18(7-9-22)10-16(23)21-12-18/h2-5,15H,6-12H2,1H3,(H,20,24)(H,21,23)/t15-/m1/s1. The van der Waals surface area contributed by atoms with Gasteiger partial charge in [0, 0.05) is 39.7 Å². The Bertz CT molecular complexity index is 627. The molecule has 2 heterocycles. The van der Waals surface area contributed by atoms with Crippen LogP contribution in [-0.2, 0) is 9.53 Å². The van der Waals surface area contributed by atoms with Crippen LogP contribution < -0.4 is 10.6 Å². The first kappa shape index (κ1) is 17.7. The van der Waals surface area contributed by atoms with Crippen molar-refractivity contribution >= 4 is 11.9 Å². The smallest absolute Gasteiger partial charge is 0.317 e. The van der Waals surface area contributed by atoms with Crippen LogP contribution in [0, 0.1) is 11.2 Å². The van der Waals surface area contributed by atoms with Gasteiger partial charge in [-0.25, -0.2) is 9.18 Å². The maximum absolute atomic E-state index is 13.0. The molecule has 0 saturated carbocycles. The van der Waals surface area contributed by atoms with Gasteiger partial charge >= 0.3 is 6.03 Å². The van der Waals surface area contributed by atoms with Gasteiger partial charge in [-0.05, 0) is 36.0 Å². The van der Waals surface area contributed by atoms with E-state index in [1.54, 1.807) is 24.1 Å². The van der Waals surface area contributed by atoms with Crippen molar-refractivity contribution in [1.29, 1.82) is 0 Å². The van der Waals surface area contributed by atoms with Gasteiger partial charge in [0.1, 0.15) is 5.82 Å². The fourth-order valence-electron chi connectivity index (χ4n) is 3.60. The van der Waals surface area contributed by atoms with Gasteiger partial charge in [-0.1, -0.05) is 12.1 Å². The molecule has 2 aliphatic rings. The second-order valence-corrected chi connectivity index (χ2v) is 6.90. The van der Waals surface area contributed by atoms with E-state index in [0.29, 0.717) is 26.1 Å². The molecule has 0 aromatic heterocycles. The normalized spacial score (nSPS) is 20.4. The van der Waals surface area contributed by atoms with Gasteiger partial charge in [0.2, 0.25) is 5.91 Å². The van der Waals surface area contributed by atoms with Crippen LogP contribution in [-0.4, -0.2) is 50.1 Å². The number of likely N-dealkylation sites (tertiary alicyclic amines) is 1. The molecule has 0 radical (unpaired) electrons. The number of benzene rings is 1. The molecule has 0 unspecified atom stereocenters. The second-order valence-electron chi connectivity index (χ2n) is 6.90. The molecule has 25 heavy (non-hydrogen) atoms. The number of rotatable bonds is 4. The van der Waals surface area contributed by atoms with Gasteiger partial charge < -0.3 is 20.3 Å². The number of ether oxygens (including phenoxy) is 1. The highest BCUT2D eigenvalue weighted by Gasteiger charge is 2.41. The molecule has 1 aromatic rings. The first-order valence-corrected chi connectivity index (χ1v) is 8.59. The van der Waals surface area contributed by atoms with Crippen LogP contribution in [0.5, 0.6) is 0 Å². The monoisotopic (exact) mass is 349 g/mol. The number of amides is 3. The van der Waals surface area contributed by atoms with Crippen molar-refractivity contribution in [3.05, 3.63) is 35.6 Å². The number of hydrogen-bond donors (Lipinski definition) is 2. The number of urea groups is 1. The molecule has 136 valence electrons. The average Bonchev–Trinajstić information content (AvgIpc) is 2.97. The lowest BCUT2D eigenvalue weighted by Crippen LogP contribution is -2.48. The summed E-state index contributed by atoms with van der Waals surface area (Å²) in [4.78, 5) is 25.6. The average molecular weight is 349 g/mol. The summed E-state index contributed by atoms with van der Waals surface area (Å²) in [6.45, 7) is 2.34. The molecule has 7 heteroatoms. The van der Waals surface area contributed by atoms with E-state index in [-0.39, 0.29) is 29.3 Å². The minimum atomic E-state index is -0.322. The van der Waals surface area contributed by atoms with Crippen molar-refractivity contribution in [2.24, 2.45) is 5.41 Å². The molecule has 1 atom stereocenters. The molecule has 2 fully saturated rings. The summed E-state index contributed by atoms with van der Waals surface area (Å²) >= 11 is 0. The number of halogens is 1. The zero-order valence-corrected chi connectivity index (χ0v) is 14.4. The van der Waals surface area contributed by atoms with Crippen molar-refractivity contribution < 1.29 is 18.7 Å². The predicted octanol–water partition coefficient (Wildman–Crippen LogP) is 1.82. The molecule has 0 aliphatic carbocycles. The predicted molar refractivity (Wildman–Crippen MR) is 90.4 cm³/mol. The lowest BCUT2D eigenvalue weighted by atomic mass is 9.78. The zero-order valence-electron chi connectivity index (χ0n) is 14.4. The number of carbonyl (C=O) groups is 2. The summed E-state index contributed by atoms with van der Waals surface area (Å²) in [6.07, 6.45) is 1.92. The number of nitrogens with zero attached hydrogens (tertiary/aromatic N) is 1. The number of hydrogen-bond acceptors (Lipinski definition) is 3. The Balaban J connectivity index is 1.49. The molecule has 2 N–H and O–H groups in total. The minimum Gasteiger partial charge on any atom is -0.375 e. The summed E-state index contributed by atoms with van der Waals surface area (Å²) < 4.78 is 18.4. The van der Waals surface area contributed by atoms with Gasteiger partial charge in [0.15, 0.2) is 0 Å². The fourth-order valence-corrected chi connectivity index (χ4v) is 3.60. The van der Waals surface area contributed by atoms with Crippen molar-refractivity contribution in [2.45, 2.75) is 25.4 Å². The highest BCUT2D eigenvalue weighted by molar-refractivity contribution is 5.79. The molecule has 2 aliphatic heterocycles. The van der Waals surface area contributed by atoms with E-state index in [2.05, 4.69) is 10.6 Å². The van der Waals surface area contributed by atoms with E-state index >= 15 is 0 Å². The van der Waals surface area contributed by atoms with Crippen LogP contribution in [0.3, 0.4) is 0 Å². The first-order valence-electron chi connectivity index (χ1n) is 8.59. The van der Waals surface area contributed by atoms with Crippen molar-refractivity contribution in [3.8, 4) is 0 Å². The first-order chi connectivity index (χ1) is 12.0. The number of piperidine rings is 1. The third kappa shape index (κ3) is 4.10. The SMILES string of the molecule is CO[C@H](CNC(=O)N1CCC2(CC1)CNC(=O)C2)c1ccc(F)cc1. The maximum atomic E-state index is 13.0. The largest absolute Gasteiger partial charge is 0.375 e. The van der Waals surface area contributed by atoms with Crippen molar-refractivity contribution in [3.63, 3.8) is 0 Å². The van der Waals surface area contributed by atoms with Crippen LogP contribution in [0.25, 0.3) is 0 Å². The fraction of sp³-hybridized carbons (Fsp3) is 0.556. The van der Waals surface area contributed by atoms with Gasteiger partial charge in [0.05, 0.1) is 6.10 Å². The molecular weight excluding hydrogens is 325 g/mol. The summed E-state index contributed by atoms with van der Waals surface area (Å²) in [5.74, 6) is -0.190. The van der Waals surface area contributed by atoms with Crippen molar-refractivity contribution in [1.82, 2.24) is 15.5 Å². The molecule has 6 nitrogen and oxygen atoms in total. The van der Waals surface area contributed by atoms with Crippen LogP contribution in [0.4, 0.5) is 9.18 Å². The summed E-state index contributed by atoms with van der Waals surface area (Å²) in [7, 11) is 1.56. The van der Waals surface area contributed by atoms with Crippen LogP contribution >= 0.6 is 0 Å². The highest BCUT2D eigenvalue weighted by Crippen LogP contribution is 2.37. The molecule has 3 rings (SSSR count). The third-order valence-electron chi connectivity index (χ3n) is 5.27. The van der Waals surface area contributed by atoms with Crippen LogP contribution in [0.15, 0.2) is 24.3 Å². The van der Waals surface area contributed by atoms with E-state index in [4.69, 9.17) is 4.74 Å². The topological polar surface area (TPSA) is 70.7 Å². The summed E-state index contributed by atoms with van der Waals surface area (Å²) in [5.41, 5.74) is 0.842. The summed E-state index contributed by atoms with van der Waals surface area (Å²) in [6, 6.07) is 5.94. The quantitative estimate of drug-likeness (QED) is 0.871. The highest BCUT2D eigenvalue weighted by atomic mass is 19.1. The Morgan fingerprint density at radius 2 is 2.04 bits per heavy atom. The molecule has 2 saturated heterocycles. The third-order valence-corrected chi connectivity index (χ3v) is 5.27. The molecule has 1 aromatic carbocycles. The second kappa shape index (κ2) is 7.39. The minimum absolute atomic E-state index is 0.0248. The van der Waals surface area contributed by atoms with Crippen LogP contribution in [0.2, 0.25) is 0 Å². The zero-order chi connectivity index (χ0) is 17.9. The lowest BCUT2D eigenvalue weighted by molar-refractivity contribution is -0.119. The Labute approximate surface area is 146 Å². The Morgan fingerprint density at radius 1 is 1.36 bits per heavy atom. The van der Waals surface area contributed by atoms with Gasteiger partial charge in [0.25, 0.3) is 0 Å². The maximum Gasteiger partial charge on any atom is 0.317 e. The molecule has 1 spiro atoms. The molecular formula is C18H24FN3O3. The van der Waals surface area contributed by atoms with Crippen LogP contribution in [0.1, 0.15) is 30.9 Å². The Kier molecular flexibility index (Phi) is 5.22. The van der Waals surface area contributed by atoms with E-state index in [0.717, 1.165) is 24.9 Å². The van der Waals surface area contributed by atoms with E-state index in [1.165, 1.54) is 12.1 Å². The van der Waals surface area contributed by atoms with E-state index < -0.39 is 0 Å². The number of nitrogens with one attached hydrogen (secondary N) is 2. The molecule has 3 amide bonds. The number of carbonyl (C=O) groups excluding carboxylic acids is 2. The Morgan fingerprint density at radius 3 is 2.60 bits per heavy atom. The summed E-state index contributed by atoms with van der Waals surface area (Å²) in [5, 5.41) is 5.78. The van der Waals surface area contributed by atoms with E-state index in [9.17, 15) is 14.0 Å². The Hall–Kier alpha value is -2.15. The molecule has 0 bridgehead atoms. The lowest BCUT2D eigenvalue weighted by Gasteiger charge is -2.38. The number of methoxy groups -OCH3 is 1. The van der Waals surface area contributed by atoms with Gasteiger partial charge in [-0.2, -0.15) is 0 Å². The van der Waals surface area contributed by atoms with E-state index in [1.807, 2.05) is 0 Å². The van der Waals surface area contributed by atoms with Gasteiger partial charge in [-0.3, -0.25) is 4.79 Å². The van der Waals surface area contributed by atoms with Crippen molar-refractivity contribution in [2.75, 3.05) is 33.3 Å². The van der Waals surface area contributed by atoms with Gasteiger partial charge in [-0.15, -0.1) is 0 Å².